The summed E-state index contributed by atoms with van der Waals surface area (Å²) in [6, 6.07) is 16.5. The number of aromatic amines is 1. The molecule has 0 spiro atoms. The number of thiol groups is 2. The summed E-state index contributed by atoms with van der Waals surface area (Å²) in [5, 5.41) is 5.53. The molecular formula is C21H18N4OS4. The smallest absolute Gasteiger partial charge is 0.323 e. The number of anilines is 2. The zero-order valence-corrected chi connectivity index (χ0v) is 19.3. The van der Waals surface area contributed by atoms with Crippen LogP contribution in [0.15, 0.2) is 70.6 Å². The molecule has 2 amide bonds. The van der Waals surface area contributed by atoms with Crippen molar-refractivity contribution in [2.24, 2.45) is 0 Å². The first-order valence-electron chi connectivity index (χ1n) is 8.71. The Morgan fingerprint density at radius 3 is 2.57 bits per heavy atom. The van der Waals surface area contributed by atoms with E-state index in [0.717, 1.165) is 16.0 Å². The Labute approximate surface area is 195 Å². The number of benzene rings is 2. The standard InChI is InChI=1S/C21H18N4OS4/c1-25(29)30-17-9-7-14(8-10-17)5-6-15-3-2-4-16(11-15)23-21(26)24-18-12-20(28)22-13-19(18)27/h2-4,7-13,27,29H,1H3,(H3,22,23,24,26,28). The van der Waals surface area contributed by atoms with Gasteiger partial charge >= 0.3 is 6.03 Å². The highest BCUT2D eigenvalue weighted by molar-refractivity contribution is 8.05. The molecule has 152 valence electrons. The number of nitrogens with zero attached hydrogens (tertiary/aromatic N) is 1. The number of urea groups is 1. The molecule has 0 aliphatic carbocycles. The minimum atomic E-state index is -0.391. The van der Waals surface area contributed by atoms with E-state index in [1.54, 1.807) is 22.0 Å². The molecule has 0 radical (unpaired) electrons. The molecule has 5 nitrogen and oxygen atoms in total. The van der Waals surface area contributed by atoms with Gasteiger partial charge in [-0.3, -0.25) is 0 Å². The normalized spacial score (nSPS) is 10.3. The molecule has 0 atom stereocenters. The molecular weight excluding hydrogens is 453 g/mol. The lowest BCUT2D eigenvalue weighted by atomic mass is 10.1. The molecule has 9 heteroatoms. The fourth-order valence-electron chi connectivity index (χ4n) is 2.42. The average Bonchev–Trinajstić information content (AvgIpc) is 2.70. The summed E-state index contributed by atoms with van der Waals surface area (Å²) in [7, 11) is 1.87. The van der Waals surface area contributed by atoms with Crippen LogP contribution in [-0.4, -0.2) is 21.8 Å². The van der Waals surface area contributed by atoms with Gasteiger partial charge in [-0.05, 0) is 60.5 Å². The second-order valence-electron chi connectivity index (χ2n) is 6.09. The fourth-order valence-corrected chi connectivity index (χ4v) is 3.63. The number of hydrogen-bond donors (Lipinski definition) is 5. The summed E-state index contributed by atoms with van der Waals surface area (Å²) in [5.74, 6) is 6.25. The number of pyridine rings is 1. The first kappa shape index (κ1) is 22.3. The molecule has 2 aromatic carbocycles. The number of nitrogens with one attached hydrogen (secondary N) is 3. The number of H-pyrrole nitrogens is 1. The van der Waals surface area contributed by atoms with Crippen LogP contribution in [0, 0.1) is 16.5 Å². The van der Waals surface area contributed by atoms with E-state index < -0.39 is 6.03 Å². The lowest BCUT2D eigenvalue weighted by Crippen LogP contribution is -2.19. The van der Waals surface area contributed by atoms with Gasteiger partial charge in [0.05, 0.1) is 5.69 Å². The van der Waals surface area contributed by atoms with Crippen LogP contribution >= 0.6 is 49.6 Å². The molecule has 1 heterocycles. The maximum Gasteiger partial charge on any atom is 0.323 e. The van der Waals surface area contributed by atoms with Crippen molar-refractivity contribution in [1.29, 1.82) is 0 Å². The van der Waals surface area contributed by atoms with Crippen molar-refractivity contribution in [1.82, 2.24) is 8.69 Å². The lowest BCUT2D eigenvalue weighted by molar-refractivity contribution is 0.262. The SMILES string of the molecule is CN(S)Sc1ccc(C#Cc2cccc(NC(=O)Nc3cc(=S)[nH]cc3S)c2)cc1. The largest absolute Gasteiger partial charge is 0.352 e. The molecule has 3 N–H and O–H groups in total. The van der Waals surface area contributed by atoms with Crippen molar-refractivity contribution >= 4 is 67.0 Å². The van der Waals surface area contributed by atoms with E-state index in [-0.39, 0.29) is 0 Å². The van der Waals surface area contributed by atoms with E-state index in [1.165, 1.54) is 11.9 Å². The van der Waals surface area contributed by atoms with Gasteiger partial charge in [-0.25, -0.2) is 4.79 Å². The van der Waals surface area contributed by atoms with E-state index in [9.17, 15) is 4.79 Å². The lowest BCUT2D eigenvalue weighted by Gasteiger charge is -2.09. The summed E-state index contributed by atoms with van der Waals surface area (Å²) in [6.07, 6.45) is 1.62. The number of aromatic nitrogens is 1. The van der Waals surface area contributed by atoms with E-state index in [1.807, 2.05) is 49.5 Å². The molecule has 3 rings (SSSR count). The predicted molar refractivity (Wildman–Crippen MR) is 133 cm³/mol. The Hall–Kier alpha value is -2.35. The van der Waals surface area contributed by atoms with Gasteiger partial charge in [0.2, 0.25) is 0 Å². The van der Waals surface area contributed by atoms with Crippen molar-refractivity contribution in [3.05, 3.63) is 76.6 Å². The van der Waals surface area contributed by atoms with E-state index >= 15 is 0 Å². The third-order valence-electron chi connectivity index (χ3n) is 3.71. The zero-order chi connectivity index (χ0) is 21.5. The second-order valence-corrected chi connectivity index (χ2v) is 9.08. The number of rotatable bonds is 4. The van der Waals surface area contributed by atoms with Crippen LogP contribution in [-0.2, 0) is 0 Å². The minimum absolute atomic E-state index is 0.391. The third kappa shape index (κ3) is 6.86. The van der Waals surface area contributed by atoms with Crippen LogP contribution in [0.1, 0.15) is 11.1 Å². The molecule has 0 unspecified atom stereocenters. The first-order chi connectivity index (χ1) is 14.4. The van der Waals surface area contributed by atoms with E-state index in [2.05, 4.69) is 52.9 Å². The van der Waals surface area contributed by atoms with Crippen LogP contribution < -0.4 is 10.6 Å². The summed E-state index contributed by atoms with van der Waals surface area (Å²) >= 11 is 15.1. The monoisotopic (exact) mass is 470 g/mol. The molecule has 0 aliphatic rings. The van der Waals surface area contributed by atoms with Crippen LogP contribution in [0.4, 0.5) is 16.2 Å². The Morgan fingerprint density at radius 1 is 1.10 bits per heavy atom. The summed E-state index contributed by atoms with van der Waals surface area (Å²) < 4.78 is 2.24. The van der Waals surface area contributed by atoms with Gasteiger partial charge in [-0.15, -0.1) is 12.6 Å². The zero-order valence-electron chi connectivity index (χ0n) is 15.8. The van der Waals surface area contributed by atoms with Crippen LogP contribution in [0.3, 0.4) is 0 Å². The van der Waals surface area contributed by atoms with Crippen LogP contribution in [0.25, 0.3) is 0 Å². The van der Waals surface area contributed by atoms with Gasteiger partial charge in [0.1, 0.15) is 4.64 Å². The van der Waals surface area contributed by atoms with Gasteiger partial charge in [0, 0.05) is 39.8 Å². The van der Waals surface area contributed by atoms with Crippen molar-refractivity contribution in [2.75, 3.05) is 17.7 Å². The second kappa shape index (κ2) is 10.6. The Bertz CT molecular complexity index is 1160. The molecule has 0 saturated heterocycles. The summed E-state index contributed by atoms with van der Waals surface area (Å²) in [5.41, 5.74) is 2.85. The van der Waals surface area contributed by atoms with Crippen LogP contribution in [0.2, 0.25) is 0 Å². The molecule has 0 aliphatic heterocycles. The van der Waals surface area contributed by atoms with Gasteiger partial charge in [0.25, 0.3) is 0 Å². The molecule has 1 aromatic heterocycles. The van der Waals surface area contributed by atoms with Crippen LogP contribution in [0.5, 0.6) is 0 Å². The molecule has 3 aromatic rings. The maximum absolute atomic E-state index is 12.3. The van der Waals surface area contributed by atoms with E-state index in [0.29, 0.717) is 20.9 Å². The number of carbonyl (C=O) groups excluding carboxylic acids is 1. The first-order valence-corrected chi connectivity index (χ1v) is 10.7. The highest BCUT2D eigenvalue weighted by atomic mass is 32.2. The van der Waals surface area contributed by atoms with Gasteiger partial charge in [-0.2, -0.15) is 3.71 Å². The highest BCUT2D eigenvalue weighted by Gasteiger charge is 2.06. The summed E-state index contributed by atoms with van der Waals surface area (Å²) in [6.45, 7) is 0. The highest BCUT2D eigenvalue weighted by Crippen LogP contribution is 2.22. The fraction of sp³-hybridized carbons (Fsp3) is 0.0476. The number of hydrogen-bond acceptors (Lipinski definition) is 6. The van der Waals surface area contributed by atoms with Crippen molar-refractivity contribution in [2.45, 2.75) is 9.79 Å². The Balaban J connectivity index is 1.66. The van der Waals surface area contributed by atoms with Gasteiger partial charge in [-0.1, -0.05) is 42.9 Å². The van der Waals surface area contributed by atoms with Gasteiger partial charge in [0.15, 0.2) is 0 Å². The third-order valence-corrected chi connectivity index (χ3v) is 5.31. The topological polar surface area (TPSA) is 60.2 Å². The Morgan fingerprint density at radius 2 is 1.83 bits per heavy atom. The number of amides is 2. The van der Waals surface area contributed by atoms with Crippen molar-refractivity contribution < 1.29 is 4.79 Å². The Kier molecular flexibility index (Phi) is 7.90. The molecule has 30 heavy (non-hydrogen) atoms. The molecule has 0 bridgehead atoms. The maximum atomic E-state index is 12.3. The average molecular weight is 471 g/mol. The van der Waals surface area contributed by atoms with Crippen molar-refractivity contribution in [3.63, 3.8) is 0 Å². The molecule has 0 fully saturated rings. The number of carbonyl (C=O) groups is 1. The quantitative estimate of drug-likeness (QED) is 0.143. The summed E-state index contributed by atoms with van der Waals surface area (Å²) in [4.78, 5) is 16.8. The predicted octanol–water partition coefficient (Wildman–Crippen LogP) is 5.86. The van der Waals surface area contributed by atoms with Crippen molar-refractivity contribution in [3.8, 4) is 11.8 Å². The molecule has 0 saturated carbocycles. The van der Waals surface area contributed by atoms with E-state index in [4.69, 9.17) is 12.2 Å². The minimum Gasteiger partial charge on any atom is -0.352 e. The van der Waals surface area contributed by atoms with Gasteiger partial charge < -0.3 is 15.6 Å².